The summed E-state index contributed by atoms with van der Waals surface area (Å²) in [5.41, 5.74) is 0.0592. The van der Waals surface area contributed by atoms with Gasteiger partial charge in [-0.2, -0.15) is 0 Å². The van der Waals surface area contributed by atoms with E-state index in [0.717, 1.165) is 0 Å². The average molecular weight is 357 g/mol. The number of rotatable bonds is 0. The van der Waals surface area contributed by atoms with Crippen LogP contribution in [0.3, 0.4) is 0 Å². The van der Waals surface area contributed by atoms with Crippen LogP contribution in [0.25, 0.3) is 0 Å². The Balaban J connectivity index is 4.32. The number of hydrogen-bond donors (Lipinski definition) is 0. The van der Waals surface area contributed by atoms with Gasteiger partial charge < -0.3 is 0 Å². The Morgan fingerprint density at radius 3 is 1.44 bits per heavy atom. The molecule has 0 saturated carbocycles. The fourth-order valence-electron chi connectivity index (χ4n) is 0.439. The van der Waals surface area contributed by atoms with E-state index in [-0.39, 0.29) is 5.41 Å². The third-order valence-corrected chi connectivity index (χ3v) is 6.76. The molecule has 0 aromatic rings. The van der Waals surface area contributed by atoms with Gasteiger partial charge in [-0.3, -0.25) is 0 Å². The van der Waals surface area contributed by atoms with Crippen molar-refractivity contribution >= 4 is 31.8 Å². The van der Waals surface area contributed by atoms with Gasteiger partial charge in [-0.1, -0.05) is 0 Å². The SMILES string of the molecule is CC(C)(C)[CH]=[Ta]([Cl])([Cl])[Cl]. The van der Waals surface area contributed by atoms with Gasteiger partial charge in [0, 0.05) is 0 Å². The Morgan fingerprint density at radius 1 is 1.11 bits per heavy atom. The summed E-state index contributed by atoms with van der Waals surface area (Å²) < 4.78 is 1.89. The van der Waals surface area contributed by atoms with E-state index in [1.807, 2.05) is 25.0 Å². The van der Waals surface area contributed by atoms with Crippen molar-refractivity contribution in [3.63, 3.8) is 0 Å². The first-order valence-corrected chi connectivity index (χ1v) is 16.4. The van der Waals surface area contributed by atoms with E-state index in [0.29, 0.717) is 0 Å². The molecule has 0 spiro atoms. The van der Waals surface area contributed by atoms with Gasteiger partial charge in [0.15, 0.2) is 0 Å². The van der Waals surface area contributed by atoms with Gasteiger partial charge in [0.05, 0.1) is 0 Å². The average Bonchev–Trinajstić information content (AvgIpc) is 1.14. The van der Waals surface area contributed by atoms with Crippen LogP contribution in [0.15, 0.2) is 0 Å². The molecule has 0 aliphatic rings. The second-order valence-corrected chi connectivity index (χ2v) is 24.7. The van der Waals surface area contributed by atoms with E-state index >= 15 is 0 Å². The molecule has 0 aromatic carbocycles. The third kappa shape index (κ3) is 9.48. The van der Waals surface area contributed by atoms with Gasteiger partial charge in [0.2, 0.25) is 0 Å². The third-order valence-electron chi connectivity index (χ3n) is 0.534. The van der Waals surface area contributed by atoms with Crippen LogP contribution in [-0.4, -0.2) is 4.23 Å². The molecule has 9 heavy (non-hydrogen) atoms. The summed E-state index contributed by atoms with van der Waals surface area (Å²) in [5.74, 6) is 0. The van der Waals surface area contributed by atoms with E-state index in [2.05, 4.69) is 0 Å². The van der Waals surface area contributed by atoms with Gasteiger partial charge in [0.25, 0.3) is 0 Å². The normalized spacial score (nSPS) is 13.6. The Labute approximate surface area is 71.0 Å². The summed E-state index contributed by atoms with van der Waals surface area (Å²) in [6, 6.07) is 0. The van der Waals surface area contributed by atoms with E-state index in [9.17, 15) is 0 Å². The Morgan fingerprint density at radius 2 is 1.44 bits per heavy atom. The molecule has 4 heteroatoms. The van der Waals surface area contributed by atoms with Crippen LogP contribution >= 0.6 is 27.6 Å². The first-order chi connectivity index (χ1) is 3.71. The van der Waals surface area contributed by atoms with Gasteiger partial charge in [0.1, 0.15) is 0 Å². The molecule has 0 unspecified atom stereocenters. The van der Waals surface area contributed by atoms with E-state index < -0.39 is 13.4 Å². The molecule has 0 nitrogen and oxygen atoms in total. The minimum absolute atomic E-state index is 0.0592. The van der Waals surface area contributed by atoms with Crippen molar-refractivity contribution < 1.29 is 13.4 Å². The Bertz CT molecular complexity index is 131. The maximum absolute atomic E-state index is 5.71. The minimum atomic E-state index is -3.20. The van der Waals surface area contributed by atoms with Crippen LogP contribution < -0.4 is 0 Å². The Hall–Kier alpha value is 1.48. The van der Waals surface area contributed by atoms with Crippen molar-refractivity contribution in [3.8, 4) is 0 Å². The van der Waals surface area contributed by atoms with Crippen molar-refractivity contribution in [2.45, 2.75) is 20.8 Å². The van der Waals surface area contributed by atoms with Crippen molar-refractivity contribution in [3.05, 3.63) is 0 Å². The number of halogens is 3. The maximum atomic E-state index is 5.71. The van der Waals surface area contributed by atoms with Crippen molar-refractivity contribution in [1.29, 1.82) is 0 Å². The Kier molecular flexibility index (Phi) is 3.79. The summed E-state index contributed by atoms with van der Waals surface area (Å²) in [7, 11) is 17.1. The summed E-state index contributed by atoms with van der Waals surface area (Å²) in [5, 5.41) is 0. The molecular weight excluding hydrogens is 347 g/mol. The quantitative estimate of drug-likeness (QED) is 0.623. The molecule has 0 aliphatic carbocycles. The number of hydrogen-bond acceptors (Lipinski definition) is 0. The van der Waals surface area contributed by atoms with E-state index in [4.69, 9.17) is 27.6 Å². The molecule has 0 radical (unpaired) electrons. The molecule has 0 rings (SSSR count). The molecule has 56 valence electrons. The molecule has 0 fully saturated rings. The summed E-state index contributed by atoms with van der Waals surface area (Å²) in [6.45, 7) is 6.10. The predicted molar refractivity (Wildman–Crippen MR) is 43.1 cm³/mol. The zero-order valence-corrected chi connectivity index (χ0v) is 11.1. The van der Waals surface area contributed by atoms with Crippen LogP contribution in [-0.2, 0) is 13.4 Å². The van der Waals surface area contributed by atoms with Gasteiger partial charge in [-0.05, 0) is 0 Å². The summed E-state index contributed by atoms with van der Waals surface area (Å²) in [6.07, 6.45) is 0. The second-order valence-electron chi connectivity index (χ2n) is 2.98. The second kappa shape index (κ2) is 3.25. The molecule has 0 N–H and O–H groups in total. The van der Waals surface area contributed by atoms with Gasteiger partial charge in [-0.15, -0.1) is 0 Å². The monoisotopic (exact) mass is 356 g/mol. The predicted octanol–water partition coefficient (Wildman–Crippen LogP) is 3.45. The molecule has 0 bridgehead atoms. The van der Waals surface area contributed by atoms with Crippen molar-refractivity contribution in [1.82, 2.24) is 0 Å². The molecule has 0 amide bonds. The van der Waals surface area contributed by atoms with Crippen molar-refractivity contribution in [2.24, 2.45) is 5.41 Å². The topological polar surface area (TPSA) is 0 Å². The summed E-state index contributed by atoms with van der Waals surface area (Å²) >= 11 is -3.20. The fourth-order valence-corrected chi connectivity index (χ4v) is 10.8. The van der Waals surface area contributed by atoms with Crippen LogP contribution in [0, 0.1) is 5.41 Å². The molecular formula is C5H10Cl3Ta. The molecule has 0 aliphatic heterocycles. The van der Waals surface area contributed by atoms with E-state index in [1.54, 1.807) is 0 Å². The van der Waals surface area contributed by atoms with Crippen molar-refractivity contribution in [2.75, 3.05) is 0 Å². The first-order valence-electron chi connectivity index (χ1n) is 2.55. The fraction of sp³-hybridized carbons (Fsp3) is 0.800. The van der Waals surface area contributed by atoms with Gasteiger partial charge >= 0.3 is 71.4 Å². The van der Waals surface area contributed by atoms with Crippen LogP contribution in [0.4, 0.5) is 0 Å². The zero-order valence-electron chi connectivity index (χ0n) is 5.66. The van der Waals surface area contributed by atoms with E-state index in [1.165, 1.54) is 0 Å². The standard InChI is InChI=1S/C5H10.3ClH.Ta/c1-5(2,3)4;;;;/h1H,2-4H3;3*1H;/q;;;;+3/p-3. The summed E-state index contributed by atoms with van der Waals surface area (Å²) in [4.78, 5) is 0. The van der Waals surface area contributed by atoms with Crippen LogP contribution in [0.1, 0.15) is 20.8 Å². The van der Waals surface area contributed by atoms with Crippen LogP contribution in [0.2, 0.25) is 0 Å². The molecule has 0 saturated heterocycles. The molecule has 0 aromatic heterocycles. The van der Waals surface area contributed by atoms with Crippen LogP contribution in [0.5, 0.6) is 0 Å². The van der Waals surface area contributed by atoms with Gasteiger partial charge in [-0.25, -0.2) is 0 Å². The first kappa shape index (κ1) is 10.5. The zero-order chi connectivity index (χ0) is 7.71. The molecule has 0 atom stereocenters. The molecule has 0 heterocycles.